The predicted molar refractivity (Wildman–Crippen MR) is 101 cm³/mol. The maximum absolute atomic E-state index is 12.5. The molecule has 1 saturated heterocycles. The quantitative estimate of drug-likeness (QED) is 0.777. The van der Waals surface area contributed by atoms with E-state index in [-0.39, 0.29) is 6.04 Å². The minimum atomic E-state index is -3.45. The van der Waals surface area contributed by atoms with Crippen LogP contribution in [0.2, 0.25) is 5.02 Å². The molecule has 1 fully saturated rings. The van der Waals surface area contributed by atoms with Crippen LogP contribution in [0.5, 0.6) is 5.75 Å². The summed E-state index contributed by atoms with van der Waals surface area (Å²) >= 11 is 6.07. The number of hydrogen-bond donors (Lipinski definition) is 1. The zero-order valence-electron chi connectivity index (χ0n) is 14.9. The Morgan fingerprint density at radius 3 is 2.88 bits per heavy atom. The topological polar surface area (TPSA) is 78.5 Å². The molecular weight excluding hydrogens is 376 g/mol. The molecule has 1 N–H and O–H groups in total. The highest BCUT2D eigenvalue weighted by atomic mass is 35.5. The maximum Gasteiger partial charge on any atom is 0.282 e. The highest BCUT2D eigenvalue weighted by Crippen LogP contribution is 2.34. The van der Waals surface area contributed by atoms with E-state index in [4.69, 9.17) is 16.3 Å². The van der Waals surface area contributed by atoms with Gasteiger partial charge in [0.05, 0.1) is 23.4 Å². The molecule has 0 spiro atoms. The third-order valence-corrected chi connectivity index (χ3v) is 6.68. The Morgan fingerprint density at radius 2 is 2.15 bits per heavy atom. The number of para-hydroxylation sites is 1. The molecule has 0 aliphatic carbocycles. The van der Waals surface area contributed by atoms with Crippen LogP contribution in [0, 0.1) is 0 Å². The Hall–Kier alpha value is -1.61. The first kappa shape index (κ1) is 19.2. The van der Waals surface area contributed by atoms with Crippen LogP contribution in [0.4, 0.5) is 0 Å². The van der Waals surface area contributed by atoms with Crippen molar-refractivity contribution in [1.29, 1.82) is 0 Å². The number of benzene rings is 1. The number of rotatable bonds is 7. The van der Waals surface area contributed by atoms with E-state index in [1.807, 2.05) is 24.3 Å². The van der Waals surface area contributed by atoms with Crippen LogP contribution < -0.4 is 4.74 Å². The second-order valence-corrected chi connectivity index (χ2v) is 8.91. The van der Waals surface area contributed by atoms with Gasteiger partial charge in [0.15, 0.2) is 0 Å². The lowest BCUT2D eigenvalue weighted by Gasteiger charge is -2.25. The molecule has 9 heteroatoms. The van der Waals surface area contributed by atoms with E-state index in [1.165, 1.54) is 8.61 Å². The molecule has 3 rings (SSSR count). The molecule has 0 radical (unpaired) electrons. The lowest BCUT2D eigenvalue weighted by molar-refractivity contribution is 0.320. The number of aromatic nitrogens is 2. The van der Waals surface area contributed by atoms with Gasteiger partial charge in [-0.1, -0.05) is 23.7 Å². The van der Waals surface area contributed by atoms with Gasteiger partial charge in [0.25, 0.3) is 10.2 Å². The van der Waals surface area contributed by atoms with Crippen molar-refractivity contribution in [2.45, 2.75) is 25.3 Å². The number of hydrogen-bond acceptors (Lipinski definition) is 4. The van der Waals surface area contributed by atoms with Gasteiger partial charge in [0, 0.05) is 32.8 Å². The van der Waals surface area contributed by atoms with Crippen LogP contribution in [-0.4, -0.2) is 54.5 Å². The van der Waals surface area contributed by atoms with Crippen molar-refractivity contribution in [2.24, 2.45) is 0 Å². The van der Waals surface area contributed by atoms with Gasteiger partial charge in [0.1, 0.15) is 5.75 Å². The molecule has 0 unspecified atom stereocenters. The number of ether oxygens (including phenoxy) is 1. The molecule has 0 saturated carbocycles. The Morgan fingerprint density at radius 1 is 1.38 bits per heavy atom. The van der Waals surface area contributed by atoms with Gasteiger partial charge in [-0.3, -0.25) is 5.10 Å². The van der Waals surface area contributed by atoms with Crippen molar-refractivity contribution in [2.75, 3.05) is 27.2 Å². The second kappa shape index (κ2) is 7.96. The maximum atomic E-state index is 12.5. The van der Waals surface area contributed by atoms with Crippen molar-refractivity contribution >= 4 is 21.8 Å². The summed E-state index contributed by atoms with van der Waals surface area (Å²) in [6.07, 6.45) is 2.23. The smallest absolute Gasteiger partial charge is 0.282 e. The van der Waals surface area contributed by atoms with Crippen LogP contribution in [0.1, 0.15) is 30.3 Å². The highest BCUT2D eigenvalue weighted by molar-refractivity contribution is 7.86. The molecule has 1 aliphatic rings. The summed E-state index contributed by atoms with van der Waals surface area (Å²) in [5.41, 5.74) is 1.65. The monoisotopic (exact) mass is 398 g/mol. The molecule has 1 aromatic carbocycles. The number of aromatic amines is 1. The van der Waals surface area contributed by atoms with Crippen LogP contribution >= 0.6 is 11.6 Å². The highest BCUT2D eigenvalue weighted by Gasteiger charge is 2.37. The SMILES string of the molecule is CN(C)S(=O)(=O)N1CCC[C@H]1c1cc(CCOc2ccccc2Cl)[nH]n1. The third kappa shape index (κ3) is 4.03. The van der Waals surface area contributed by atoms with Gasteiger partial charge in [-0.05, 0) is 31.0 Å². The first-order valence-electron chi connectivity index (χ1n) is 8.50. The molecule has 7 nitrogen and oxygen atoms in total. The number of nitrogens with zero attached hydrogens (tertiary/aromatic N) is 3. The van der Waals surface area contributed by atoms with Crippen LogP contribution in [0.3, 0.4) is 0 Å². The average Bonchev–Trinajstić information content (AvgIpc) is 3.25. The minimum Gasteiger partial charge on any atom is -0.492 e. The summed E-state index contributed by atoms with van der Waals surface area (Å²) in [5.74, 6) is 0.646. The molecule has 142 valence electrons. The summed E-state index contributed by atoms with van der Waals surface area (Å²) in [7, 11) is -0.352. The Balaban J connectivity index is 1.63. The first-order chi connectivity index (χ1) is 12.4. The van der Waals surface area contributed by atoms with Crippen molar-refractivity contribution in [3.05, 3.63) is 46.7 Å². The van der Waals surface area contributed by atoms with E-state index in [0.29, 0.717) is 30.3 Å². The molecule has 2 aromatic rings. The van der Waals surface area contributed by atoms with Crippen LogP contribution in [0.25, 0.3) is 0 Å². The molecule has 1 aromatic heterocycles. The second-order valence-electron chi connectivity index (χ2n) is 6.41. The summed E-state index contributed by atoms with van der Waals surface area (Å²) in [4.78, 5) is 0. The van der Waals surface area contributed by atoms with Crippen molar-refractivity contribution in [1.82, 2.24) is 18.8 Å². The van der Waals surface area contributed by atoms with Gasteiger partial charge >= 0.3 is 0 Å². The fourth-order valence-corrected chi connectivity index (χ4v) is 4.54. The van der Waals surface area contributed by atoms with Crippen LogP contribution in [0.15, 0.2) is 30.3 Å². The van der Waals surface area contributed by atoms with Gasteiger partial charge in [-0.25, -0.2) is 0 Å². The van der Waals surface area contributed by atoms with Crippen molar-refractivity contribution in [3.8, 4) is 5.75 Å². The summed E-state index contributed by atoms with van der Waals surface area (Å²) in [5, 5.41) is 7.90. The molecule has 0 bridgehead atoms. The van der Waals surface area contributed by atoms with Gasteiger partial charge < -0.3 is 4.74 Å². The lowest BCUT2D eigenvalue weighted by atomic mass is 10.1. The average molecular weight is 399 g/mol. The van der Waals surface area contributed by atoms with E-state index in [0.717, 1.165) is 24.2 Å². The lowest BCUT2D eigenvalue weighted by Crippen LogP contribution is -2.39. The fourth-order valence-electron chi connectivity index (χ4n) is 3.03. The van der Waals surface area contributed by atoms with E-state index in [9.17, 15) is 8.42 Å². The Labute approximate surface area is 159 Å². The van der Waals surface area contributed by atoms with E-state index >= 15 is 0 Å². The molecule has 1 atom stereocenters. The van der Waals surface area contributed by atoms with Gasteiger partial charge in [-0.2, -0.15) is 22.1 Å². The fraction of sp³-hybridized carbons (Fsp3) is 0.471. The molecule has 1 aliphatic heterocycles. The zero-order chi connectivity index (χ0) is 18.7. The third-order valence-electron chi connectivity index (χ3n) is 4.42. The zero-order valence-corrected chi connectivity index (χ0v) is 16.4. The number of nitrogens with one attached hydrogen (secondary N) is 1. The summed E-state index contributed by atoms with van der Waals surface area (Å²) in [6.45, 7) is 0.971. The van der Waals surface area contributed by atoms with E-state index in [2.05, 4.69) is 10.2 Å². The van der Waals surface area contributed by atoms with Crippen molar-refractivity contribution in [3.63, 3.8) is 0 Å². The van der Waals surface area contributed by atoms with Gasteiger partial charge in [0.2, 0.25) is 0 Å². The number of H-pyrrole nitrogens is 1. The summed E-state index contributed by atoms with van der Waals surface area (Å²) < 4.78 is 33.4. The van der Waals surface area contributed by atoms with Crippen molar-refractivity contribution < 1.29 is 13.2 Å². The normalized spacial score (nSPS) is 18.5. The van der Waals surface area contributed by atoms with Crippen LogP contribution in [-0.2, 0) is 16.6 Å². The molecular formula is C17H23ClN4O3S. The minimum absolute atomic E-state index is 0.225. The largest absolute Gasteiger partial charge is 0.492 e. The Bertz CT molecular complexity index is 853. The molecule has 2 heterocycles. The van der Waals surface area contributed by atoms with E-state index in [1.54, 1.807) is 20.2 Å². The molecule has 26 heavy (non-hydrogen) atoms. The van der Waals surface area contributed by atoms with E-state index < -0.39 is 10.2 Å². The molecule has 0 amide bonds. The van der Waals surface area contributed by atoms with Gasteiger partial charge in [-0.15, -0.1) is 0 Å². The first-order valence-corrected chi connectivity index (χ1v) is 10.3. The Kier molecular flexibility index (Phi) is 5.86. The predicted octanol–water partition coefficient (Wildman–Crippen LogP) is 2.63. The number of halogens is 1. The summed E-state index contributed by atoms with van der Waals surface area (Å²) in [6, 6.07) is 9.02. The standard InChI is InChI=1S/C17H23ClN4O3S/c1-21(2)26(23,24)22-10-5-7-16(22)15-12-13(19-20-15)9-11-25-17-8-4-3-6-14(17)18/h3-4,6,8,12,16H,5,7,9-11H2,1-2H3,(H,19,20)/t16-/m0/s1.